The smallest absolute Gasteiger partial charge is 0.224 e. The van der Waals surface area contributed by atoms with E-state index in [2.05, 4.69) is 27.5 Å². The number of nitrogens with zero attached hydrogens (tertiary/aromatic N) is 2. The van der Waals surface area contributed by atoms with E-state index in [-0.39, 0.29) is 0 Å². The molecule has 0 aromatic carbocycles. The van der Waals surface area contributed by atoms with Gasteiger partial charge in [0, 0.05) is 18.3 Å². The maximum Gasteiger partial charge on any atom is 0.224 e. The molecule has 0 saturated carbocycles. The minimum atomic E-state index is 0.623. The van der Waals surface area contributed by atoms with Gasteiger partial charge in [-0.15, -0.1) is 0 Å². The molecule has 19 heavy (non-hydrogen) atoms. The van der Waals surface area contributed by atoms with Gasteiger partial charge in [-0.25, -0.2) is 4.98 Å². The molecule has 2 aromatic rings. The SMILES string of the molecule is CCCNc1nc(C)cc(NCc2ccc(C)o2)n1. The molecular formula is C14H20N4O. The number of furan rings is 1. The number of aryl methyl sites for hydroxylation is 2. The highest BCUT2D eigenvalue weighted by Crippen LogP contribution is 2.12. The van der Waals surface area contributed by atoms with Crippen molar-refractivity contribution >= 4 is 11.8 Å². The van der Waals surface area contributed by atoms with Gasteiger partial charge in [0.1, 0.15) is 17.3 Å². The maximum absolute atomic E-state index is 5.51. The normalized spacial score (nSPS) is 10.5. The predicted octanol–water partition coefficient (Wildman–Crippen LogP) is 3.12. The number of rotatable bonds is 6. The summed E-state index contributed by atoms with van der Waals surface area (Å²) in [6.45, 7) is 7.51. The highest BCUT2D eigenvalue weighted by molar-refractivity contribution is 5.42. The predicted molar refractivity (Wildman–Crippen MR) is 76.3 cm³/mol. The summed E-state index contributed by atoms with van der Waals surface area (Å²) >= 11 is 0. The van der Waals surface area contributed by atoms with E-state index in [1.807, 2.05) is 32.0 Å². The molecule has 5 nitrogen and oxygen atoms in total. The quantitative estimate of drug-likeness (QED) is 0.835. The van der Waals surface area contributed by atoms with Crippen LogP contribution < -0.4 is 10.6 Å². The molecule has 5 heteroatoms. The number of hydrogen-bond acceptors (Lipinski definition) is 5. The van der Waals surface area contributed by atoms with Gasteiger partial charge in [-0.1, -0.05) is 6.92 Å². The summed E-state index contributed by atoms with van der Waals surface area (Å²) in [5.74, 6) is 3.29. The van der Waals surface area contributed by atoms with Crippen molar-refractivity contribution in [3.05, 3.63) is 35.4 Å². The molecule has 2 heterocycles. The second-order valence-corrected chi connectivity index (χ2v) is 4.51. The molecule has 0 aliphatic rings. The molecule has 0 unspecified atom stereocenters. The molecule has 0 radical (unpaired) electrons. The number of anilines is 2. The van der Waals surface area contributed by atoms with Crippen molar-refractivity contribution < 1.29 is 4.42 Å². The lowest BCUT2D eigenvalue weighted by atomic mass is 10.4. The average molecular weight is 260 g/mol. The van der Waals surface area contributed by atoms with Gasteiger partial charge in [-0.3, -0.25) is 0 Å². The van der Waals surface area contributed by atoms with Crippen LogP contribution in [0.1, 0.15) is 30.6 Å². The Hall–Kier alpha value is -2.04. The van der Waals surface area contributed by atoms with Crippen LogP contribution in [0, 0.1) is 13.8 Å². The molecule has 0 aliphatic carbocycles. The molecule has 2 rings (SSSR count). The minimum Gasteiger partial charge on any atom is -0.465 e. The van der Waals surface area contributed by atoms with E-state index in [9.17, 15) is 0 Å². The summed E-state index contributed by atoms with van der Waals surface area (Å²) in [6, 6.07) is 5.84. The highest BCUT2D eigenvalue weighted by Gasteiger charge is 2.03. The van der Waals surface area contributed by atoms with Gasteiger partial charge >= 0.3 is 0 Å². The van der Waals surface area contributed by atoms with Crippen LogP contribution in [-0.4, -0.2) is 16.5 Å². The van der Waals surface area contributed by atoms with E-state index >= 15 is 0 Å². The van der Waals surface area contributed by atoms with E-state index in [1.165, 1.54) is 0 Å². The van der Waals surface area contributed by atoms with Gasteiger partial charge in [-0.2, -0.15) is 4.98 Å². The molecule has 0 fully saturated rings. The van der Waals surface area contributed by atoms with Crippen molar-refractivity contribution in [3.63, 3.8) is 0 Å². The van der Waals surface area contributed by atoms with Gasteiger partial charge in [0.15, 0.2) is 0 Å². The second-order valence-electron chi connectivity index (χ2n) is 4.51. The standard InChI is InChI=1S/C14H20N4O/c1-4-7-15-14-17-10(2)8-13(18-14)16-9-12-6-5-11(3)19-12/h5-6,8H,4,7,9H2,1-3H3,(H2,15,16,17,18). The lowest BCUT2D eigenvalue weighted by Gasteiger charge is -2.08. The first kappa shape index (κ1) is 13.4. The molecule has 0 saturated heterocycles. The molecule has 0 spiro atoms. The topological polar surface area (TPSA) is 63.0 Å². The summed E-state index contributed by atoms with van der Waals surface area (Å²) in [5, 5.41) is 6.44. The third-order valence-corrected chi connectivity index (χ3v) is 2.63. The van der Waals surface area contributed by atoms with Crippen LogP contribution in [0.15, 0.2) is 22.6 Å². The molecule has 102 valence electrons. The van der Waals surface area contributed by atoms with Crippen molar-refractivity contribution in [2.75, 3.05) is 17.2 Å². The molecule has 0 bridgehead atoms. The fraction of sp³-hybridized carbons (Fsp3) is 0.429. The monoisotopic (exact) mass is 260 g/mol. The van der Waals surface area contributed by atoms with Crippen LogP contribution in [0.5, 0.6) is 0 Å². The fourth-order valence-corrected chi connectivity index (χ4v) is 1.73. The number of aromatic nitrogens is 2. The maximum atomic E-state index is 5.51. The molecule has 0 atom stereocenters. The first-order valence-corrected chi connectivity index (χ1v) is 6.56. The summed E-state index contributed by atoms with van der Waals surface area (Å²) in [5.41, 5.74) is 0.937. The zero-order valence-corrected chi connectivity index (χ0v) is 11.7. The Morgan fingerprint density at radius 1 is 1.16 bits per heavy atom. The summed E-state index contributed by atoms with van der Waals surface area (Å²) in [7, 11) is 0. The Morgan fingerprint density at radius 3 is 2.68 bits per heavy atom. The van der Waals surface area contributed by atoms with Crippen molar-refractivity contribution in [1.29, 1.82) is 0 Å². The minimum absolute atomic E-state index is 0.623. The van der Waals surface area contributed by atoms with Crippen LogP contribution in [0.3, 0.4) is 0 Å². The Balaban J connectivity index is 2.01. The molecular weight excluding hydrogens is 240 g/mol. The first-order chi connectivity index (χ1) is 9.17. The molecule has 2 N–H and O–H groups in total. The fourth-order valence-electron chi connectivity index (χ4n) is 1.73. The zero-order valence-electron chi connectivity index (χ0n) is 11.7. The van der Waals surface area contributed by atoms with Gasteiger partial charge in [0.25, 0.3) is 0 Å². The Bertz CT molecular complexity index is 536. The largest absolute Gasteiger partial charge is 0.465 e. The van der Waals surface area contributed by atoms with Crippen LogP contribution in [0.25, 0.3) is 0 Å². The van der Waals surface area contributed by atoms with Crippen molar-refractivity contribution in [2.24, 2.45) is 0 Å². The Labute approximate surface area is 113 Å². The van der Waals surface area contributed by atoms with Crippen LogP contribution in [0.2, 0.25) is 0 Å². The van der Waals surface area contributed by atoms with E-state index in [0.29, 0.717) is 12.5 Å². The number of nitrogens with one attached hydrogen (secondary N) is 2. The van der Waals surface area contributed by atoms with Crippen molar-refractivity contribution in [3.8, 4) is 0 Å². The first-order valence-electron chi connectivity index (χ1n) is 6.56. The van der Waals surface area contributed by atoms with E-state index in [4.69, 9.17) is 4.42 Å². The Morgan fingerprint density at radius 2 is 2.00 bits per heavy atom. The average Bonchev–Trinajstić information content (AvgIpc) is 2.79. The third-order valence-electron chi connectivity index (χ3n) is 2.63. The van der Waals surface area contributed by atoms with Crippen LogP contribution in [-0.2, 0) is 6.54 Å². The van der Waals surface area contributed by atoms with Gasteiger partial charge < -0.3 is 15.1 Å². The summed E-state index contributed by atoms with van der Waals surface area (Å²) in [6.07, 6.45) is 1.05. The van der Waals surface area contributed by atoms with Crippen molar-refractivity contribution in [1.82, 2.24) is 9.97 Å². The second kappa shape index (κ2) is 6.22. The molecule has 0 amide bonds. The lowest BCUT2D eigenvalue weighted by molar-refractivity contribution is 0.490. The molecule has 2 aromatic heterocycles. The van der Waals surface area contributed by atoms with Gasteiger partial charge in [0.2, 0.25) is 5.95 Å². The van der Waals surface area contributed by atoms with Gasteiger partial charge in [0.05, 0.1) is 6.54 Å². The van der Waals surface area contributed by atoms with Crippen LogP contribution in [0.4, 0.5) is 11.8 Å². The lowest BCUT2D eigenvalue weighted by Crippen LogP contribution is -2.08. The van der Waals surface area contributed by atoms with E-state index < -0.39 is 0 Å². The highest BCUT2D eigenvalue weighted by atomic mass is 16.3. The Kier molecular flexibility index (Phi) is 4.39. The number of hydrogen-bond donors (Lipinski definition) is 2. The van der Waals surface area contributed by atoms with Crippen LogP contribution >= 0.6 is 0 Å². The molecule has 0 aliphatic heterocycles. The van der Waals surface area contributed by atoms with Gasteiger partial charge in [-0.05, 0) is 32.4 Å². The van der Waals surface area contributed by atoms with E-state index in [0.717, 1.165) is 36.0 Å². The van der Waals surface area contributed by atoms with E-state index in [1.54, 1.807) is 0 Å². The van der Waals surface area contributed by atoms with Crippen molar-refractivity contribution in [2.45, 2.75) is 33.7 Å². The summed E-state index contributed by atoms with van der Waals surface area (Å²) < 4.78 is 5.51. The zero-order chi connectivity index (χ0) is 13.7. The summed E-state index contributed by atoms with van der Waals surface area (Å²) in [4.78, 5) is 8.76. The third kappa shape index (κ3) is 3.98.